The van der Waals surface area contributed by atoms with Crippen molar-refractivity contribution in [1.82, 2.24) is 0 Å². The molecule has 2 N–H and O–H groups in total. The molecule has 0 saturated carbocycles. The van der Waals surface area contributed by atoms with E-state index in [-0.39, 0.29) is 12.5 Å². The normalized spacial score (nSPS) is 13.8. The van der Waals surface area contributed by atoms with Crippen molar-refractivity contribution in [2.45, 2.75) is 6.54 Å². The third kappa shape index (κ3) is 2.84. The van der Waals surface area contributed by atoms with Crippen LogP contribution in [0.25, 0.3) is 0 Å². The van der Waals surface area contributed by atoms with Gasteiger partial charge in [-0.3, -0.25) is 4.79 Å². The van der Waals surface area contributed by atoms with Gasteiger partial charge < -0.3 is 15.4 Å². The minimum atomic E-state index is -0.105. The number of nitrogens with zero attached hydrogens (tertiary/aromatic N) is 1. The summed E-state index contributed by atoms with van der Waals surface area (Å²) in [6, 6.07) is 10.9. The molecule has 1 amide bonds. The zero-order chi connectivity index (χ0) is 15.0. The number of benzene rings is 2. The molecule has 2 aromatic carbocycles. The number of carbonyl (C=O) groups is 1. The van der Waals surface area contributed by atoms with Crippen molar-refractivity contribution < 1.29 is 9.53 Å². The Morgan fingerprint density at radius 1 is 1.29 bits per heavy atom. The van der Waals surface area contributed by atoms with E-state index in [1.807, 2.05) is 18.2 Å². The van der Waals surface area contributed by atoms with Gasteiger partial charge in [-0.15, -0.1) is 0 Å². The molecule has 2 aromatic rings. The summed E-state index contributed by atoms with van der Waals surface area (Å²) in [5.41, 5.74) is 8.14. The zero-order valence-electron chi connectivity index (χ0n) is 11.0. The number of halogens is 2. The summed E-state index contributed by atoms with van der Waals surface area (Å²) in [7, 11) is 0. The molecule has 0 radical (unpaired) electrons. The van der Waals surface area contributed by atoms with E-state index in [4.69, 9.17) is 22.1 Å². The van der Waals surface area contributed by atoms with Crippen molar-refractivity contribution in [2.75, 3.05) is 17.2 Å². The van der Waals surface area contributed by atoms with Crippen LogP contribution in [0, 0.1) is 0 Å². The number of ether oxygens (including phenoxy) is 1. The second-order valence-corrected chi connectivity index (χ2v) is 6.03. The molecule has 3 rings (SSSR count). The minimum absolute atomic E-state index is 0.0284. The summed E-state index contributed by atoms with van der Waals surface area (Å²) in [5, 5.41) is 0.562. The fraction of sp³-hybridized carbons (Fsp3) is 0.133. The van der Waals surface area contributed by atoms with Crippen LogP contribution in [-0.2, 0) is 11.3 Å². The summed E-state index contributed by atoms with van der Waals surface area (Å²) >= 11 is 9.38. The lowest BCUT2D eigenvalue weighted by atomic mass is 10.1. The Kier molecular flexibility index (Phi) is 3.78. The molecule has 1 heterocycles. The Bertz CT molecular complexity index is 721. The molecule has 1 aliphatic rings. The van der Waals surface area contributed by atoms with E-state index in [9.17, 15) is 4.79 Å². The maximum absolute atomic E-state index is 12.1. The second-order valence-electron chi connectivity index (χ2n) is 4.74. The van der Waals surface area contributed by atoms with E-state index in [1.54, 1.807) is 23.1 Å². The molecule has 21 heavy (non-hydrogen) atoms. The molecule has 0 aliphatic carbocycles. The first-order valence-electron chi connectivity index (χ1n) is 6.31. The Labute approximate surface area is 135 Å². The highest BCUT2D eigenvalue weighted by Gasteiger charge is 2.25. The number of amides is 1. The third-order valence-corrected chi connectivity index (χ3v) is 4.22. The molecule has 0 saturated heterocycles. The van der Waals surface area contributed by atoms with E-state index < -0.39 is 0 Å². The molecule has 0 fully saturated rings. The fourth-order valence-electron chi connectivity index (χ4n) is 2.22. The molecule has 108 valence electrons. The van der Waals surface area contributed by atoms with Crippen LogP contribution < -0.4 is 15.4 Å². The average molecular weight is 368 g/mol. The third-order valence-electron chi connectivity index (χ3n) is 3.27. The first kappa shape index (κ1) is 14.2. The standard InChI is InChI=1S/C15H12BrClN2O2/c16-11-3-1-9(5-12(11)18)7-19-13-6-10(17)2-4-14(13)21-8-15(19)20/h1-6H,7-8,18H2. The van der Waals surface area contributed by atoms with Crippen LogP contribution in [0.2, 0.25) is 5.02 Å². The molecule has 0 bridgehead atoms. The number of anilines is 2. The molecule has 0 spiro atoms. The van der Waals surface area contributed by atoms with E-state index in [1.165, 1.54) is 0 Å². The largest absolute Gasteiger partial charge is 0.482 e. The number of nitrogen functional groups attached to an aromatic ring is 1. The number of fused-ring (bicyclic) bond motifs is 1. The molecule has 4 nitrogen and oxygen atoms in total. The maximum Gasteiger partial charge on any atom is 0.265 e. The molecule has 0 unspecified atom stereocenters. The van der Waals surface area contributed by atoms with Crippen LogP contribution in [0.1, 0.15) is 5.56 Å². The van der Waals surface area contributed by atoms with Crippen LogP contribution in [0.3, 0.4) is 0 Å². The smallest absolute Gasteiger partial charge is 0.265 e. The highest BCUT2D eigenvalue weighted by molar-refractivity contribution is 9.10. The monoisotopic (exact) mass is 366 g/mol. The van der Waals surface area contributed by atoms with Gasteiger partial charge in [-0.05, 0) is 51.8 Å². The van der Waals surface area contributed by atoms with Crippen molar-refractivity contribution in [3.63, 3.8) is 0 Å². The van der Waals surface area contributed by atoms with Crippen molar-refractivity contribution in [3.05, 3.63) is 51.5 Å². The van der Waals surface area contributed by atoms with E-state index in [2.05, 4.69) is 15.9 Å². The Morgan fingerprint density at radius 3 is 2.86 bits per heavy atom. The first-order chi connectivity index (χ1) is 10.0. The van der Waals surface area contributed by atoms with Crippen LogP contribution >= 0.6 is 27.5 Å². The molecule has 6 heteroatoms. The molecule has 0 atom stereocenters. The first-order valence-corrected chi connectivity index (χ1v) is 7.48. The fourth-order valence-corrected chi connectivity index (χ4v) is 2.64. The quantitative estimate of drug-likeness (QED) is 0.825. The Morgan fingerprint density at radius 2 is 2.10 bits per heavy atom. The number of hydrogen-bond acceptors (Lipinski definition) is 3. The van der Waals surface area contributed by atoms with Crippen LogP contribution in [-0.4, -0.2) is 12.5 Å². The van der Waals surface area contributed by atoms with E-state index in [0.29, 0.717) is 28.7 Å². The highest BCUT2D eigenvalue weighted by atomic mass is 79.9. The number of nitrogens with two attached hydrogens (primary N) is 1. The average Bonchev–Trinajstić information content (AvgIpc) is 2.46. The van der Waals surface area contributed by atoms with Crippen molar-refractivity contribution in [3.8, 4) is 5.75 Å². The van der Waals surface area contributed by atoms with Crippen molar-refractivity contribution in [2.24, 2.45) is 0 Å². The molecular formula is C15H12BrClN2O2. The van der Waals surface area contributed by atoms with Crippen molar-refractivity contribution >= 4 is 44.8 Å². The van der Waals surface area contributed by atoms with Gasteiger partial charge in [0.1, 0.15) is 5.75 Å². The number of rotatable bonds is 2. The summed E-state index contributed by atoms with van der Waals surface area (Å²) in [4.78, 5) is 13.8. The summed E-state index contributed by atoms with van der Waals surface area (Å²) < 4.78 is 6.26. The second kappa shape index (κ2) is 5.58. The van der Waals surface area contributed by atoms with E-state index in [0.717, 1.165) is 10.0 Å². The van der Waals surface area contributed by atoms with Gasteiger partial charge in [-0.25, -0.2) is 0 Å². The molecule has 0 aromatic heterocycles. The van der Waals surface area contributed by atoms with Gasteiger partial charge in [-0.2, -0.15) is 0 Å². The predicted molar refractivity (Wildman–Crippen MR) is 86.7 cm³/mol. The van der Waals surface area contributed by atoms with Gasteiger partial charge in [0.05, 0.1) is 12.2 Å². The number of hydrogen-bond donors (Lipinski definition) is 1. The van der Waals surface area contributed by atoms with Gasteiger partial charge in [0.25, 0.3) is 5.91 Å². The van der Waals surface area contributed by atoms with Crippen LogP contribution in [0.15, 0.2) is 40.9 Å². The Balaban J connectivity index is 1.96. The van der Waals surface area contributed by atoms with Crippen LogP contribution in [0.4, 0.5) is 11.4 Å². The van der Waals surface area contributed by atoms with Gasteiger partial charge >= 0.3 is 0 Å². The lowest BCUT2D eigenvalue weighted by molar-refractivity contribution is -0.121. The number of carbonyl (C=O) groups excluding carboxylic acids is 1. The summed E-state index contributed by atoms with van der Waals surface area (Å²) in [6.07, 6.45) is 0. The van der Waals surface area contributed by atoms with Crippen LogP contribution in [0.5, 0.6) is 5.75 Å². The highest BCUT2D eigenvalue weighted by Crippen LogP contribution is 2.35. The lowest BCUT2D eigenvalue weighted by Gasteiger charge is -2.29. The molecule has 1 aliphatic heterocycles. The van der Waals surface area contributed by atoms with Gasteiger partial charge in [0.2, 0.25) is 0 Å². The van der Waals surface area contributed by atoms with Gasteiger partial charge in [0.15, 0.2) is 6.61 Å². The minimum Gasteiger partial charge on any atom is -0.482 e. The van der Waals surface area contributed by atoms with E-state index >= 15 is 0 Å². The van der Waals surface area contributed by atoms with Crippen molar-refractivity contribution in [1.29, 1.82) is 0 Å². The summed E-state index contributed by atoms with van der Waals surface area (Å²) in [6.45, 7) is 0.452. The van der Waals surface area contributed by atoms with Gasteiger partial charge in [-0.1, -0.05) is 17.7 Å². The Hall–Kier alpha value is -1.72. The van der Waals surface area contributed by atoms with Gasteiger partial charge in [0, 0.05) is 15.2 Å². The predicted octanol–water partition coefficient (Wildman–Crippen LogP) is 3.61. The summed E-state index contributed by atoms with van der Waals surface area (Å²) in [5.74, 6) is 0.551. The maximum atomic E-state index is 12.1. The topological polar surface area (TPSA) is 55.6 Å². The molecular weight excluding hydrogens is 356 g/mol. The zero-order valence-corrected chi connectivity index (χ0v) is 13.3. The lowest BCUT2D eigenvalue weighted by Crippen LogP contribution is -2.38. The SMILES string of the molecule is Nc1cc(CN2C(=O)COc3ccc(Cl)cc32)ccc1Br.